The van der Waals surface area contributed by atoms with Crippen molar-refractivity contribution in [2.45, 2.75) is 56.5 Å². The van der Waals surface area contributed by atoms with Gasteiger partial charge in [0.1, 0.15) is 0 Å². The van der Waals surface area contributed by atoms with Crippen LogP contribution in [0.4, 0.5) is 0 Å². The molecule has 1 saturated heterocycles. The molecule has 1 heterocycles. The van der Waals surface area contributed by atoms with Crippen LogP contribution >= 0.6 is 0 Å². The second-order valence-corrected chi connectivity index (χ2v) is 8.68. The van der Waals surface area contributed by atoms with E-state index < -0.39 is 10.0 Å². The van der Waals surface area contributed by atoms with E-state index in [0.717, 1.165) is 49.9 Å². The van der Waals surface area contributed by atoms with E-state index in [1.54, 1.807) is 6.07 Å². The molecular weight excluding hydrogens is 296 g/mol. The van der Waals surface area contributed by atoms with E-state index in [1.807, 2.05) is 30.3 Å². The standard InChI is InChI=1S/C17H26N2O2S/c1-13-4-7-17(14(2)12-13)22(20,21)19(15-5-6-15)16-8-10-18(3)11-9-16/h4,7,12,15-16H,5-6,8-11H2,1-3H3. The summed E-state index contributed by atoms with van der Waals surface area (Å²) >= 11 is 0. The van der Waals surface area contributed by atoms with Gasteiger partial charge < -0.3 is 4.90 Å². The minimum atomic E-state index is -3.39. The predicted octanol–water partition coefficient (Wildman–Crippen LogP) is 2.55. The fourth-order valence-electron chi connectivity index (χ4n) is 3.47. The summed E-state index contributed by atoms with van der Waals surface area (Å²) in [7, 11) is -1.28. The fourth-order valence-corrected chi connectivity index (χ4v) is 5.61. The van der Waals surface area contributed by atoms with Crippen LogP contribution in [-0.4, -0.2) is 49.8 Å². The number of sulfonamides is 1. The molecule has 22 heavy (non-hydrogen) atoms. The van der Waals surface area contributed by atoms with Crippen LogP contribution < -0.4 is 0 Å². The van der Waals surface area contributed by atoms with Crippen molar-refractivity contribution in [3.8, 4) is 0 Å². The van der Waals surface area contributed by atoms with Gasteiger partial charge in [-0.05, 0) is 71.3 Å². The van der Waals surface area contributed by atoms with Crippen LogP contribution in [0.1, 0.15) is 36.8 Å². The van der Waals surface area contributed by atoms with Gasteiger partial charge in [-0.15, -0.1) is 0 Å². The molecule has 0 aromatic heterocycles. The number of likely N-dealkylation sites (tertiary alicyclic amines) is 1. The van der Waals surface area contributed by atoms with E-state index >= 15 is 0 Å². The third-order valence-electron chi connectivity index (χ3n) is 4.84. The Bertz CT molecular complexity index is 645. The molecule has 0 amide bonds. The molecule has 1 aliphatic carbocycles. The fraction of sp³-hybridized carbons (Fsp3) is 0.647. The van der Waals surface area contributed by atoms with Crippen molar-refractivity contribution >= 4 is 10.0 Å². The number of hydrogen-bond donors (Lipinski definition) is 0. The zero-order valence-corrected chi connectivity index (χ0v) is 14.6. The first-order chi connectivity index (χ1) is 10.4. The van der Waals surface area contributed by atoms with Gasteiger partial charge in [0.2, 0.25) is 10.0 Å². The third-order valence-corrected chi connectivity index (χ3v) is 7.01. The Labute approximate surface area is 134 Å². The maximum absolute atomic E-state index is 13.2. The number of rotatable bonds is 4. The van der Waals surface area contributed by atoms with Gasteiger partial charge in [0.05, 0.1) is 4.90 Å². The highest BCUT2D eigenvalue weighted by Crippen LogP contribution is 2.37. The van der Waals surface area contributed by atoms with Gasteiger partial charge in [-0.3, -0.25) is 0 Å². The van der Waals surface area contributed by atoms with Gasteiger partial charge in [-0.25, -0.2) is 8.42 Å². The monoisotopic (exact) mass is 322 g/mol. The average Bonchev–Trinajstić information content (AvgIpc) is 3.25. The van der Waals surface area contributed by atoms with E-state index in [0.29, 0.717) is 4.90 Å². The number of hydrogen-bond acceptors (Lipinski definition) is 3. The molecule has 0 radical (unpaired) electrons. The molecule has 4 nitrogen and oxygen atoms in total. The summed E-state index contributed by atoms with van der Waals surface area (Å²) in [4.78, 5) is 2.77. The Morgan fingerprint density at radius 2 is 1.64 bits per heavy atom. The second-order valence-electron chi connectivity index (χ2n) is 6.87. The van der Waals surface area contributed by atoms with Gasteiger partial charge >= 0.3 is 0 Å². The number of aryl methyl sites for hydroxylation is 2. The van der Waals surface area contributed by atoms with Crippen molar-refractivity contribution in [2.75, 3.05) is 20.1 Å². The lowest BCUT2D eigenvalue weighted by molar-refractivity contribution is 0.178. The first-order valence-electron chi connectivity index (χ1n) is 8.19. The van der Waals surface area contributed by atoms with E-state index in [1.165, 1.54) is 0 Å². The largest absolute Gasteiger partial charge is 0.306 e. The highest BCUT2D eigenvalue weighted by Gasteiger charge is 2.43. The molecule has 5 heteroatoms. The summed E-state index contributed by atoms with van der Waals surface area (Å²) in [6.45, 7) is 5.87. The van der Waals surface area contributed by atoms with Gasteiger partial charge in [0.15, 0.2) is 0 Å². The van der Waals surface area contributed by atoms with Crippen LogP contribution in [0.25, 0.3) is 0 Å². The zero-order valence-electron chi connectivity index (χ0n) is 13.7. The molecule has 122 valence electrons. The lowest BCUT2D eigenvalue weighted by Crippen LogP contribution is -2.47. The van der Waals surface area contributed by atoms with Crippen LogP contribution in [0.2, 0.25) is 0 Å². The molecule has 0 N–H and O–H groups in total. The molecule has 0 unspecified atom stereocenters. The molecule has 1 aromatic rings. The topological polar surface area (TPSA) is 40.6 Å². The lowest BCUT2D eigenvalue weighted by atomic mass is 10.1. The van der Waals surface area contributed by atoms with Crippen molar-refractivity contribution < 1.29 is 8.42 Å². The minimum Gasteiger partial charge on any atom is -0.306 e. The average molecular weight is 322 g/mol. The van der Waals surface area contributed by atoms with Crippen LogP contribution in [-0.2, 0) is 10.0 Å². The van der Waals surface area contributed by atoms with Crippen molar-refractivity contribution in [1.29, 1.82) is 0 Å². The smallest absolute Gasteiger partial charge is 0.243 e. The second kappa shape index (κ2) is 5.95. The molecule has 1 aliphatic heterocycles. The lowest BCUT2D eigenvalue weighted by Gasteiger charge is -2.37. The molecule has 0 atom stereocenters. The van der Waals surface area contributed by atoms with Crippen LogP contribution in [0.3, 0.4) is 0 Å². The summed E-state index contributed by atoms with van der Waals surface area (Å²) in [5.74, 6) is 0. The highest BCUT2D eigenvalue weighted by atomic mass is 32.2. The SMILES string of the molecule is Cc1ccc(S(=O)(=O)N(C2CC2)C2CCN(C)CC2)c(C)c1. The first kappa shape index (κ1) is 16.0. The molecule has 1 saturated carbocycles. The van der Waals surface area contributed by atoms with Crippen molar-refractivity contribution in [2.24, 2.45) is 0 Å². The molecule has 3 rings (SSSR count). The predicted molar refractivity (Wildman–Crippen MR) is 88.5 cm³/mol. The van der Waals surface area contributed by atoms with E-state index in [2.05, 4.69) is 11.9 Å². The molecule has 0 bridgehead atoms. The summed E-state index contributed by atoms with van der Waals surface area (Å²) in [5.41, 5.74) is 1.97. The molecule has 1 aromatic carbocycles. The Balaban J connectivity index is 1.93. The Morgan fingerprint density at radius 3 is 2.18 bits per heavy atom. The van der Waals surface area contributed by atoms with Gasteiger partial charge in [0, 0.05) is 12.1 Å². The van der Waals surface area contributed by atoms with Gasteiger partial charge in [-0.2, -0.15) is 4.31 Å². The van der Waals surface area contributed by atoms with Crippen LogP contribution in [0.15, 0.2) is 23.1 Å². The van der Waals surface area contributed by atoms with E-state index in [9.17, 15) is 8.42 Å². The van der Waals surface area contributed by atoms with Gasteiger partial charge in [-0.1, -0.05) is 17.7 Å². The minimum absolute atomic E-state index is 0.161. The van der Waals surface area contributed by atoms with Gasteiger partial charge in [0.25, 0.3) is 0 Å². The summed E-state index contributed by atoms with van der Waals surface area (Å²) in [5, 5.41) is 0. The molecule has 2 aliphatic rings. The van der Waals surface area contributed by atoms with Crippen LogP contribution in [0, 0.1) is 13.8 Å². The number of nitrogens with zero attached hydrogens (tertiary/aromatic N) is 2. The molecule has 2 fully saturated rings. The third kappa shape index (κ3) is 3.07. The van der Waals surface area contributed by atoms with E-state index in [4.69, 9.17) is 0 Å². The first-order valence-corrected chi connectivity index (χ1v) is 9.63. The summed E-state index contributed by atoms with van der Waals surface area (Å²) in [6.07, 6.45) is 3.90. The molecule has 0 spiro atoms. The summed E-state index contributed by atoms with van der Waals surface area (Å²) in [6, 6.07) is 6.03. The quantitative estimate of drug-likeness (QED) is 0.855. The molecular formula is C17H26N2O2S. The van der Waals surface area contributed by atoms with Crippen LogP contribution in [0.5, 0.6) is 0 Å². The normalized spacial score (nSPS) is 21.5. The van der Waals surface area contributed by atoms with Crippen molar-refractivity contribution in [3.63, 3.8) is 0 Å². The zero-order chi connectivity index (χ0) is 15.9. The Hall–Kier alpha value is -0.910. The maximum atomic E-state index is 13.2. The Morgan fingerprint density at radius 1 is 1.05 bits per heavy atom. The number of piperidine rings is 1. The number of benzene rings is 1. The van der Waals surface area contributed by atoms with Crippen molar-refractivity contribution in [3.05, 3.63) is 29.3 Å². The maximum Gasteiger partial charge on any atom is 0.243 e. The van der Waals surface area contributed by atoms with E-state index in [-0.39, 0.29) is 12.1 Å². The van der Waals surface area contributed by atoms with Crippen molar-refractivity contribution in [1.82, 2.24) is 9.21 Å². The highest BCUT2D eigenvalue weighted by molar-refractivity contribution is 7.89. The Kier molecular flexibility index (Phi) is 4.32. The summed E-state index contributed by atoms with van der Waals surface area (Å²) < 4.78 is 28.3.